The molecule has 2 aromatic heterocycles. The van der Waals surface area contributed by atoms with Gasteiger partial charge in [0.25, 0.3) is 17.1 Å². The highest BCUT2D eigenvalue weighted by Gasteiger charge is 2.18. The number of carbonyl (C=O) groups excluding carboxylic acids is 3. The SMILES string of the molecule is N#Cc1ccc(C(=O)Cl)cc1.Nc1n[nH]c2c(C(=O)NCc3ccc4c(c3)NC(=O)CO4)ncnc12. The molecule has 4 aromatic rings. The molecule has 2 aromatic carbocycles. The lowest BCUT2D eigenvalue weighted by atomic mass is 10.1. The van der Waals surface area contributed by atoms with E-state index >= 15 is 0 Å². The van der Waals surface area contributed by atoms with Gasteiger partial charge >= 0.3 is 0 Å². The van der Waals surface area contributed by atoms with Crippen molar-refractivity contribution in [3.8, 4) is 11.8 Å². The number of carbonyl (C=O) groups is 3. The molecule has 0 bridgehead atoms. The Morgan fingerprint density at radius 1 is 1.19 bits per heavy atom. The van der Waals surface area contributed by atoms with E-state index in [1.165, 1.54) is 18.5 Å². The van der Waals surface area contributed by atoms with Crippen LogP contribution >= 0.6 is 11.6 Å². The van der Waals surface area contributed by atoms with Crippen molar-refractivity contribution < 1.29 is 19.1 Å². The molecule has 0 atom stereocenters. The number of anilines is 2. The van der Waals surface area contributed by atoms with Crippen molar-refractivity contribution in [3.63, 3.8) is 0 Å². The molecule has 0 aliphatic carbocycles. The van der Waals surface area contributed by atoms with Crippen LogP contribution in [0, 0.1) is 11.3 Å². The Kier molecular flexibility index (Phi) is 7.03. The molecule has 0 saturated carbocycles. The number of nitrogens with two attached hydrogens (primary N) is 1. The van der Waals surface area contributed by atoms with Gasteiger partial charge in [-0.05, 0) is 53.6 Å². The Morgan fingerprint density at radius 3 is 2.69 bits per heavy atom. The minimum atomic E-state index is -0.505. The highest BCUT2D eigenvalue weighted by atomic mass is 35.5. The molecule has 0 fully saturated rings. The topological polar surface area (TPSA) is 189 Å². The average Bonchev–Trinajstić information content (AvgIpc) is 3.28. The second-order valence-corrected chi connectivity index (χ2v) is 7.71. The molecule has 180 valence electrons. The zero-order chi connectivity index (χ0) is 25.7. The van der Waals surface area contributed by atoms with Crippen LogP contribution in [0.2, 0.25) is 0 Å². The van der Waals surface area contributed by atoms with E-state index in [4.69, 9.17) is 27.3 Å². The van der Waals surface area contributed by atoms with Crippen LogP contribution in [-0.4, -0.2) is 43.8 Å². The Bertz CT molecular complexity index is 1510. The zero-order valence-electron chi connectivity index (χ0n) is 18.4. The fourth-order valence-electron chi connectivity index (χ4n) is 3.21. The van der Waals surface area contributed by atoms with E-state index in [1.54, 1.807) is 30.3 Å². The van der Waals surface area contributed by atoms with E-state index < -0.39 is 11.1 Å². The van der Waals surface area contributed by atoms with Crippen LogP contribution in [0.25, 0.3) is 11.0 Å². The summed E-state index contributed by atoms with van der Waals surface area (Å²) in [5.41, 5.74) is 8.91. The highest BCUT2D eigenvalue weighted by Crippen LogP contribution is 2.28. The number of amides is 2. The first kappa shape index (κ1) is 24.1. The monoisotopic (exact) mass is 504 g/mol. The van der Waals surface area contributed by atoms with Crippen LogP contribution in [0.4, 0.5) is 11.5 Å². The number of ether oxygens (including phenoxy) is 1. The van der Waals surface area contributed by atoms with Crippen molar-refractivity contribution in [1.29, 1.82) is 5.26 Å². The summed E-state index contributed by atoms with van der Waals surface area (Å²) in [6.07, 6.45) is 1.26. The number of aromatic nitrogens is 4. The lowest BCUT2D eigenvalue weighted by Crippen LogP contribution is -2.26. The average molecular weight is 505 g/mol. The predicted octanol–water partition coefficient (Wildman–Crippen LogP) is 2.13. The van der Waals surface area contributed by atoms with Gasteiger partial charge < -0.3 is 21.1 Å². The molecule has 0 spiro atoms. The number of H-pyrrole nitrogens is 1. The fraction of sp³-hybridized carbons (Fsp3) is 0.0870. The van der Waals surface area contributed by atoms with E-state index in [1.807, 2.05) is 6.07 Å². The number of halogens is 1. The molecule has 2 amide bonds. The third kappa shape index (κ3) is 5.37. The van der Waals surface area contributed by atoms with Crippen LogP contribution < -0.4 is 21.1 Å². The van der Waals surface area contributed by atoms with Gasteiger partial charge in [0, 0.05) is 12.1 Å². The minimum absolute atomic E-state index is 0.000106. The molecule has 0 unspecified atom stereocenters. The van der Waals surface area contributed by atoms with Crippen LogP contribution in [0.1, 0.15) is 32.0 Å². The minimum Gasteiger partial charge on any atom is -0.482 e. The number of aromatic amines is 1. The Balaban J connectivity index is 0.000000233. The third-order valence-electron chi connectivity index (χ3n) is 4.96. The van der Waals surface area contributed by atoms with Crippen LogP contribution in [0.5, 0.6) is 5.75 Å². The van der Waals surface area contributed by atoms with Crippen molar-refractivity contribution in [2.75, 3.05) is 17.7 Å². The van der Waals surface area contributed by atoms with Crippen molar-refractivity contribution in [2.24, 2.45) is 0 Å². The van der Waals surface area contributed by atoms with Crippen molar-refractivity contribution >= 4 is 51.2 Å². The lowest BCUT2D eigenvalue weighted by molar-refractivity contribution is -0.118. The van der Waals surface area contributed by atoms with Crippen molar-refractivity contribution in [3.05, 3.63) is 71.2 Å². The molecule has 5 rings (SSSR count). The van der Waals surface area contributed by atoms with E-state index in [0.29, 0.717) is 33.6 Å². The van der Waals surface area contributed by atoms with Crippen LogP contribution in [-0.2, 0) is 11.3 Å². The summed E-state index contributed by atoms with van der Waals surface area (Å²) in [5.74, 6) is 0.194. The number of nitrogens with zero attached hydrogens (tertiary/aromatic N) is 4. The number of hydrogen-bond donors (Lipinski definition) is 4. The number of benzene rings is 2. The van der Waals surface area contributed by atoms with Gasteiger partial charge in [-0.1, -0.05) is 6.07 Å². The fourth-order valence-corrected chi connectivity index (χ4v) is 3.34. The summed E-state index contributed by atoms with van der Waals surface area (Å²) in [6, 6.07) is 13.4. The Labute approximate surface area is 208 Å². The summed E-state index contributed by atoms with van der Waals surface area (Å²) in [7, 11) is 0. The van der Waals surface area contributed by atoms with Crippen molar-refractivity contribution in [2.45, 2.75) is 6.54 Å². The largest absolute Gasteiger partial charge is 0.482 e. The quantitative estimate of drug-likeness (QED) is 0.301. The normalized spacial score (nSPS) is 11.7. The number of nitrogen functional groups attached to an aromatic ring is 1. The van der Waals surface area contributed by atoms with Gasteiger partial charge in [-0.3, -0.25) is 19.5 Å². The maximum absolute atomic E-state index is 12.4. The van der Waals surface area contributed by atoms with E-state index in [9.17, 15) is 14.4 Å². The summed E-state index contributed by atoms with van der Waals surface area (Å²) in [5, 5.41) is 19.9. The van der Waals surface area contributed by atoms with Crippen LogP contribution in [0.15, 0.2) is 48.8 Å². The first-order chi connectivity index (χ1) is 17.4. The lowest BCUT2D eigenvalue weighted by Gasteiger charge is -2.18. The van der Waals surface area contributed by atoms with Gasteiger partial charge in [-0.25, -0.2) is 9.97 Å². The third-order valence-corrected chi connectivity index (χ3v) is 5.18. The van der Waals surface area contributed by atoms with Gasteiger partial charge in [-0.2, -0.15) is 10.4 Å². The number of nitriles is 1. The Hall–Kier alpha value is -5.02. The summed E-state index contributed by atoms with van der Waals surface area (Å²) in [6.45, 7) is 0.247. The Morgan fingerprint density at radius 2 is 1.97 bits per heavy atom. The molecule has 5 N–H and O–H groups in total. The van der Waals surface area contributed by atoms with Crippen LogP contribution in [0.3, 0.4) is 0 Å². The highest BCUT2D eigenvalue weighted by molar-refractivity contribution is 6.67. The van der Waals surface area contributed by atoms with Gasteiger partial charge in [0.15, 0.2) is 18.1 Å². The van der Waals surface area contributed by atoms with E-state index in [-0.39, 0.29) is 30.6 Å². The standard InChI is InChI=1S/C15H13N7O3.C8H4ClNO/c16-14-12-11(21-22-14)13(19-6-18-12)15(24)17-4-7-1-2-9-8(3-7)20-10(23)5-25-9;9-8(11)7-3-1-6(5-10)2-4-7/h1-3,6H,4-5H2,(H,17,24)(H,20,23)(H3,16,21,22);1-4H. The molecule has 1 aliphatic rings. The molecule has 36 heavy (non-hydrogen) atoms. The molecule has 1 aliphatic heterocycles. The molecule has 3 heterocycles. The zero-order valence-corrected chi connectivity index (χ0v) is 19.2. The van der Waals surface area contributed by atoms with Gasteiger partial charge in [0.2, 0.25) is 0 Å². The summed E-state index contributed by atoms with van der Waals surface area (Å²) in [4.78, 5) is 42.3. The van der Waals surface area contributed by atoms with Crippen molar-refractivity contribution in [1.82, 2.24) is 25.5 Å². The molecule has 13 heteroatoms. The molecule has 0 radical (unpaired) electrons. The molecular weight excluding hydrogens is 488 g/mol. The first-order valence-electron chi connectivity index (χ1n) is 10.3. The predicted molar refractivity (Wildman–Crippen MR) is 129 cm³/mol. The van der Waals surface area contributed by atoms with Gasteiger partial charge in [0.1, 0.15) is 23.1 Å². The molecular formula is C23H17ClN8O4. The van der Waals surface area contributed by atoms with Gasteiger partial charge in [0.05, 0.1) is 17.3 Å². The van der Waals surface area contributed by atoms with Gasteiger partial charge in [-0.15, -0.1) is 0 Å². The number of rotatable bonds is 4. The summed E-state index contributed by atoms with van der Waals surface area (Å²) >= 11 is 5.18. The second kappa shape index (κ2) is 10.5. The maximum atomic E-state index is 12.4. The second-order valence-electron chi connectivity index (χ2n) is 7.37. The smallest absolute Gasteiger partial charge is 0.272 e. The molecule has 12 nitrogen and oxygen atoms in total. The van der Waals surface area contributed by atoms with E-state index in [2.05, 4.69) is 30.8 Å². The number of nitrogens with one attached hydrogen (secondary N) is 3. The molecule has 0 saturated heterocycles. The maximum Gasteiger partial charge on any atom is 0.272 e. The first-order valence-corrected chi connectivity index (χ1v) is 10.7. The summed E-state index contributed by atoms with van der Waals surface area (Å²) < 4.78 is 5.30. The van der Waals surface area contributed by atoms with E-state index in [0.717, 1.165) is 5.56 Å². The number of fused-ring (bicyclic) bond motifs is 2. The number of hydrogen-bond acceptors (Lipinski definition) is 9.